The zero-order valence-electron chi connectivity index (χ0n) is 7.66. The second kappa shape index (κ2) is 4.03. The van der Waals surface area contributed by atoms with Crippen molar-refractivity contribution in [2.45, 2.75) is 0 Å². The Labute approximate surface area is 91.5 Å². The van der Waals surface area contributed by atoms with Crippen molar-refractivity contribution in [3.05, 3.63) is 41.0 Å². The number of hydrogen-bond acceptors (Lipinski definition) is 3. The van der Waals surface area contributed by atoms with Crippen molar-refractivity contribution in [1.82, 2.24) is 10.2 Å². The number of rotatable bonds is 2. The van der Waals surface area contributed by atoms with E-state index in [0.29, 0.717) is 10.6 Å². The molecule has 2 N–H and O–H groups in total. The molecule has 1 heterocycles. The van der Waals surface area contributed by atoms with E-state index < -0.39 is 0 Å². The Morgan fingerprint density at radius 2 is 2.27 bits per heavy atom. The molecule has 0 atom stereocenters. The molecule has 0 unspecified atom stereocenters. The number of hydrogen-bond donors (Lipinski definition) is 2. The summed E-state index contributed by atoms with van der Waals surface area (Å²) in [7, 11) is 0. The summed E-state index contributed by atoms with van der Waals surface area (Å²) in [6.07, 6.45) is 1.64. The van der Waals surface area contributed by atoms with E-state index in [1.165, 1.54) is 0 Å². The van der Waals surface area contributed by atoms with Crippen LogP contribution in [0.4, 0.5) is 11.5 Å². The molecule has 0 aliphatic heterocycles. The van der Waals surface area contributed by atoms with Crippen molar-refractivity contribution in [2.24, 2.45) is 0 Å². The second-order valence-corrected chi connectivity index (χ2v) is 3.31. The highest BCUT2D eigenvalue weighted by molar-refractivity contribution is 6.31. The lowest BCUT2D eigenvalue weighted by Gasteiger charge is -2.04. The Balaban J connectivity index is 2.27. The third-order valence-corrected chi connectivity index (χ3v) is 2.20. The quantitative estimate of drug-likeness (QED) is 0.815. The molecule has 15 heavy (non-hydrogen) atoms. The van der Waals surface area contributed by atoms with Crippen LogP contribution in [0.15, 0.2) is 30.5 Å². The lowest BCUT2D eigenvalue weighted by molar-refractivity contribution is 1.09. The van der Waals surface area contributed by atoms with Crippen molar-refractivity contribution in [3.63, 3.8) is 0 Å². The van der Waals surface area contributed by atoms with Crippen molar-refractivity contribution >= 4 is 23.1 Å². The van der Waals surface area contributed by atoms with Crippen LogP contribution in [0, 0.1) is 11.3 Å². The van der Waals surface area contributed by atoms with Crippen LogP contribution in [0.5, 0.6) is 0 Å². The first-order valence-corrected chi connectivity index (χ1v) is 4.63. The molecular weight excluding hydrogens is 212 g/mol. The van der Waals surface area contributed by atoms with Gasteiger partial charge in [0.05, 0.1) is 16.8 Å². The summed E-state index contributed by atoms with van der Waals surface area (Å²) in [4.78, 5) is 0. The van der Waals surface area contributed by atoms with E-state index in [9.17, 15) is 0 Å². The fourth-order valence-corrected chi connectivity index (χ4v) is 1.33. The minimum atomic E-state index is 0.446. The molecular formula is C10H7ClN4. The van der Waals surface area contributed by atoms with E-state index >= 15 is 0 Å². The summed E-state index contributed by atoms with van der Waals surface area (Å²) >= 11 is 5.81. The summed E-state index contributed by atoms with van der Waals surface area (Å²) in [5.74, 6) is 0.765. The number of H-pyrrole nitrogens is 1. The maximum absolute atomic E-state index is 8.79. The van der Waals surface area contributed by atoms with E-state index in [-0.39, 0.29) is 0 Å². The van der Waals surface area contributed by atoms with Gasteiger partial charge in [-0.05, 0) is 18.2 Å². The molecule has 0 fully saturated rings. The Kier molecular flexibility index (Phi) is 2.57. The summed E-state index contributed by atoms with van der Waals surface area (Å²) in [5, 5.41) is 18.9. The highest BCUT2D eigenvalue weighted by atomic mass is 35.5. The number of benzene rings is 1. The van der Waals surface area contributed by atoms with E-state index in [0.717, 1.165) is 11.5 Å². The van der Waals surface area contributed by atoms with Gasteiger partial charge in [-0.2, -0.15) is 10.4 Å². The van der Waals surface area contributed by atoms with Crippen molar-refractivity contribution in [3.8, 4) is 6.07 Å². The molecule has 1 aromatic heterocycles. The van der Waals surface area contributed by atoms with Gasteiger partial charge in [-0.25, -0.2) is 0 Å². The largest absolute Gasteiger partial charge is 0.341 e. The Morgan fingerprint density at radius 1 is 1.40 bits per heavy atom. The van der Waals surface area contributed by atoms with Crippen LogP contribution in [0.3, 0.4) is 0 Å². The van der Waals surface area contributed by atoms with E-state index in [2.05, 4.69) is 15.5 Å². The minimum Gasteiger partial charge on any atom is -0.341 e. The predicted octanol–water partition coefficient (Wildman–Crippen LogP) is 2.68. The highest BCUT2D eigenvalue weighted by Gasteiger charge is 2.01. The van der Waals surface area contributed by atoms with E-state index in [1.54, 1.807) is 30.5 Å². The van der Waals surface area contributed by atoms with Gasteiger partial charge in [0.15, 0.2) is 0 Å². The van der Waals surface area contributed by atoms with Gasteiger partial charge in [0, 0.05) is 11.8 Å². The maximum Gasteiger partial charge on any atom is 0.125 e. The Morgan fingerprint density at radius 3 is 2.93 bits per heavy atom. The molecule has 0 amide bonds. The lowest BCUT2D eigenvalue weighted by atomic mass is 10.2. The van der Waals surface area contributed by atoms with Crippen molar-refractivity contribution in [1.29, 1.82) is 5.26 Å². The number of aromatic nitrogens is 2. The first-order chi connectivity index (χ1) is 7.29. The fraction of sp³-hybridized carbons (Fsp3) is 0. The molecule has 4 nitrogen and oxygen atoms in total. The lowest BCUT2D eigenvalue weighted by Crippen LogP contribution is -1.91. The Hall–Kier alpha value is -1.99. The van der Waals surface area contributed by atoms with Gasteiger partial charge in [0.25, 0.3) is 0 Å². The zero-order valence-corrected chi connectivity index (χ0v) is 8.42. The second-order valence-electron chi connectivity index (χ2n) is 2.90. The molecule has 0 bridgehead atoms. The molecule has 0 aliphatic carbocycles. The molecule has 0 saturated carbocycles. The first kappa shape index (κ1) is 9.56. The monoisotopic (exact) mass is 218 g/mol. The van der Waals surface area contributed by atoms with Crippen LogP contribution in [-0.4, -0.2) is 10.2 Å². The van der Waals surface area contributed by atoms with Crippen LogP contribution >= 0.6 is 11.6 Å². The molecule has 5 heteroatoms. The standard InChI is InChI=1S/C10H7ClN4/c11-9-2-1-8(5-7(9)6-12)14-10-3-4-13-15-10/h1-5H,(H2,13,14,15). The number of nitrogens with zero attached hydrogens (tertiary/aromatic N) is 2. The highest BCUT2D eigenvalue weighted by Crippen LogP contribution is 2.21. The number of halogens is 1. The first-order valence-electron chi connectivity index (χ1n) is 4.25. The van der Waals surface area contributed by atoms with Crippen LogP contribution < -0.4 is 5.32 Å². The van der Waals surface area contributed by atoms with E-state index in [1.807, 2.05) is 6.07 Å². The molecule has 74 valence electrons. The molecule has 1 aromatic carbocycles. The average Bonchev–Trinajstić information content (AvgIpc) is 2.73. The SMILES string of the molecule is N#Cc1cc(Nc2ccn[nH]2)ccc1Cl. The van der Waals surface area contributed by atoms with Crippen LogP contribution in [0.1, 0.15) is 5.56 Å². The topological polar surface area (TPSA) is 64.5 Å². The number of nitrogens with one attached hydrogen (secondary N) is 2. The summed E-state index contributed by atoms with van der Waals surface area (Å²) in [5.41, 5.74) is 1.24. The molecule has 2 rings (SSSR count). The number of aromatic amines is 1. The van der Waals surface area contributed by atoms with Crippen LogP contribution in [0.2, 0.25) is 5.02 Å². The van der Waals surface area contributed by atoms with Crippen molar-refractivity contribution in [2.75, 3.05) is 5.32 Å². The van der Waals surface area contributed by atoms with Gasteiger partial charge >= 0.3 is 0 Å². The smallest absolute Gasteiger partial charge is 0.125 e. The van der Waals surface area contributed by atoms with Gasteiger partial charge in [-0.15, -0.1) is 0 Å². The van der Waals surface area contributed by atoms with Crippen LogP contribution in [-0.2, 0) is 0 Å². The van der Waals surface area contributed by atoms with Crippen molar-refractivity contribution < 1.29 is 0 Å². The third-order valence-electron chi connectivity index (χ3n) is 1.87. The number of anilines is 2. The average molecular weight is 219 g/mol. The minimum absolute atomic E-state index is 0.446. The summed E-state index contributed by atoms with van der Waals surface area (Å²) in [6, 6.07) is 8.97. The maximum atomic E-state index is 8.79. The molecule has 0 saturated heterocycles. The third kappa shape index (κ3) is 2.09. The number of nitriles is 1. The normalized spacial score (nSPS) is 9.60. The summed E-state index contributed by atoms with van der Waals surface area (Å²) in [6.45, 7) is 0. The molecule has 2 aromatic rings. The molecule has 0 aliphatic rings. The summed E-state index contributed by atoms with van der Waals surface area (Å²) < 4.78 is 0. The molecule has 0 spiro atoms. The Bertz CT molecular complexity index is 499. The van der Waals surface area contributed by atoms with Gasteiger partial charge in [0.1, 0.15) is 11.9 Å². The predicted molar refractivity (Wildman–Crippen MR) is 58.0 cm³/mol. The van der Waals surface area contributed by atoms with E-state index in [4.69, 9.17) is 16.9 Å². The van der Waals surface area contributed by atoms with Crippen LogP contribution in [0.25, 0.3) is 0 Å². The zero-order chi connectivity index (χ0) is 10.7. The van der Waals surface area contributed by atoms with Gasteiger partial charge in [0.2, 0.25) is 0 Å². The molecule has 0 radical (unpaired) electrons. The van der Waals surface area contributed by atoms with Gasteiger partial charge in [-0.3, -0.25) is 5.10 Å². The van der Waals surface area contributed by atoms with Gasteiger partial charge < -0.3 is 5.32 Å². The fourth-order valence-electron chi connectivity index (χ4n) is 1.17. The van der Waals surface area contributed by atoms with Gasteiger partial charge in [-0.1, -0.05) is 11.6 Å².